The molecular weight excluding hydrogens is 228 g/mol. The Balaban J connectivity index is 1.96. The molecule has 1 saturated heterocycles. The highest BCUT2D eigenvalue weighted by Gasteiger charge is 2.27. The Kier molecular flexibility index (Phi) is 2.74. The quantitative estimate of drug-likeness (QED) is 0.834. The average Bonchev–Trinajstić information content (AvgIpc) is 2.82. The van der Waals surface area contributed by atoms with Crippen LogP contribution in [0.2, 0.25) is 0 Å². The van der Waals surface area contributed by atoms with Gasteiger partial charge in [0, 0.05) is 25.0 Å². The second-order valence-corrected chi connectivity index (χ2v) is 4.84. The maximum absolute atomic E-state index is 12.5. The van der Waals surface area contributed by atoms with E-state index >= 15 is 0 Å². The third kappa shape index (κ3) is 1.75. The van der Waals surface area contributed by atoms with Crippen molar-refractivity contribution in [3.63, 3.8) is 0 Å². The molecule has 1 amide bonds. The van der Waals surface area contributed by atoms with Crippen LogP contribution in [-0.2, 0) is 0 Å². The van der Waals surface area contributed by atoms with Gasteiger partial charge in [-0.05, 0) is 32.3 Å². The number of amides is 1. The topological polar surface area (TPSA) is 61.9 Å². The van der Waals surface area contributed by atoms with Crippen molar-refractivity contribution < 1.29 is 4.79 Å². The summed E-state index contributed by atoms with van der Waals surface area (Å²) < 4.78 is 0. The van der Waals surface area contributed by atoms with E-state index in [0.29, 0.717) is 11.7 Å². The van der Waals surface area contributed by atoms with E-state index in [1.807, 2.05) is 11.0 Å². The molecule has 18 heavy (non-hydrogen) atoms. The Morgan fingerprint density at radius 1 is 1.50 bits per heavy atom. The highest BCUT2D eigenvalue weighted by atomic mass is 16.2. The molecule has 1 aliphatic rings. The summed E-state index contributed by atoms with van der Waals surface area (Å²) in [6.45, 7) is 2.93. The van der Waals surface area contributed by atoms with Crippen LogP contribution in [0.15, 0.2) is 18.5 Å². The summed E-state index contributed by atoms with van der Waals surface area (Å²) >= 11 is 0. The number of fused-ring (bicyclic) bond motifs is 1. The lowest BCUT2D eigenvalue weighted by atomic mass is 10.0. The van der Waals surface area contributed by atoms with Gasteiger partial charge in [-0.15, -0.1) is 0 Å². The van der Waals surface area contributed by atoms with Crippen molar-refractivity contribution in [1.29, 1.82) is 0 Å². The van der Waals surface area contributed by atoms with Gasteiger partial charge in [0.15, 0.2) is 5.69 Å². The molecule has 1 atom stereocenters. The van der Waals surface area contributed by atoms with Crippen LogP contribution in [0.25, 0.3) is 10.9 Å². The summed E-state index contributed by atoms with van der Waals surface area (Å²) in [7, 11) is 0. The Bertz CT molecular complexity index is 577. The van der Waals surface area contributed by atoms with E-state index in [4.69, 9.17) is 0 Å². The molecule has 5 heteroatoms. The van der Waals surface area contributed by atoms with Crippen molar-refractivity contribution in [2.24, 2.45) is 0 Å². The monoisotopic (exact) mass is 244 g/mol. The van der Waals surface area contributed by atoms with Crippen LogP contribution in [0.4, 0.5) is 0 Å². The Hall–Kier alpha value is -1.91. The number of hydrogen-bond acceptors (Lipinski definition) is 3. The zero-order valence-electron chi connectivity index (χ0n) is 10.4. The molecule has 1 fully saturated rings. The molecule has 3 heterocycles. The molecule has 2 aromatic heterocycles. The fourth-order valence-corrected chi connectivity index (χ4v) is 2.56. The van der Waals surface area contributed by atoms with Crippen molar-refractivity contribution >= 4 is 16.8 Å². The average molecular weight is 244 g/mol. The van der Waals surface area contributed by atoms with E-state index in [0.717, 1.165) is 30.3 Å². The van der Waals surface area contributed by atoms with Crippen molar-refractivity contribution in [3.05, 3.63) is 24.2 Å². The molecule has 5 nitrogen and oxygen atoms in total. The summed E-state index contributed by atoms with van der Waals surface area (Å²) in [6, 6.07) is 2.13. The number of piperidine rings is 1. The van der Waals surface area contributed by atoms with E-state index in [1.165, 1.54) is 6.42 Å². The number of H-pyrrole nitrogens is 1. The Morgan fingerprint density at radius 2 is 2.39 bits per heavy atom. The van der Waals surface area contributed by atoms with Gasteiger partial charge in [0.05, 0.1) is 10.9 Å². The zero-order chi connectivity index (χ0) is 12.5. The summed E-state index contributed by atoms with van der Waals surface area (Å²) in [5.41, 5.74) is 1.35. The normalized spacial score (nSPS) is 20.3. The number of carbonyl (C=O) groups excluding carboxylic acids is 1. The van der Waals surface area contributed by atoms with E-state index in [9.17, 15) is 4.79 Å². The van der Waals surface area contributed by atoms with E-state index in [1.54, 1.807) is 12.4 Å². The first-order valence-corrected chi connectivity index (χ1v) is 6.36. The van der Waals surface area contributed by atoms with Gasteiger partial charge in [0.1, 0.15) is 0 Å². The van der Waals surface area contributed by atoms with Gasteiger partial charge in [-0.2, -0.15) is 5.10 Å². The third-order valence-electron chi connectivity index (χ3n) is 3.63. The second kappa shape index (κ2) is 4.40. The Morgan fingerprint density at radius 3 is 3.22 bits per heavy atom. The van der Waals surface area contributed by atoms with Crippen LogP contribution in [0.3, 0.4) is 0 Å². The number of pyridine rings is 1. The minimum Gasteiger partial charge on any atom is -0.335 e. The largest absolute Gasteiger partial charge is 0.335 e. The van der Waals surface area contributed by atoms with E-state index in [-0.39, 0.29) is 5.91 Å². The zero-order valence-corrected chi connectivity index (χ0v) is 10.4. The molecule has 1 N–H and O–H groups in total. The van der Waals surface area contributed by atoms with Crippen molar-refractivity contribution in [1.82, 2.24) is 20.1 Å². The van der Waals surface area contributed by atoms with Gasteiger partial charge in [0.2, 0.25) is 0 Å². The molecule has 0 radical (unpaired) electrons. The van der Waals surface area contributed by atoms with Crippen LogP contribution in [0.1, 0.15) is 36.7 Å². The molecule has 0 bridgehead atoms. The first kappa shape index (κ1) is 11.2. The molecular formula is C13H16N4O. The van der Waals surface area contributed by atoms with Crippen molar-refractivity contribution in [3.8, 4) is 0 Å². The van der Waals surface area contributed by atoms with Gasteiger partial charge >= 0.3 is 0 Å². The summed E-state index contributed by atoms with van der Waals surface area (Å²) in [4.78, 5) is 18.5. The lowest BCUT2D eigenvalue weighted by Crippen LogP contribution is -2.42. The Labute approximate surface area is 105 Å². The maximum atomic E-state index is 12.5. The maximum Gasteiger partial charge on any atom is 0.275 e. The fraction of sp³-hybridized carbons (Fsp3) is 0.462. The third-order valence-corrected chi connectivity index (χ3v) is 3.63. The number of aromatic nitrogens is 3. The van der Waals surface area contributed by atoms with Gasteiger partial charge in [-0.3, -0.25) is 14.9 Å². The molecule has 1 aliphatic heterocycles. The van der Waals surface area contributed by atoms with E-state index in [2.05, 4.69) is 22.1 Å². The van der Waals surface area contributed by atoms with Crippen molar-refractivity contribution in [2.75, 3.05) is 6.54 Å². The standard InChI is InChI=1S/C13H16N4O/c1-9-4-2-3-7-17(9)13(18)12-10-8-14-6-5-11(10)15-16-12/h5-6,8-9H,2-4,7H2,1H3,(H,15,16). The molecule has 0 saturated carbocycles. The molecule has 0 aliphatic carbocycles. The van der Waals surface area contributed by atoms with Gasteiger partial charge < -0.3 is 4.90 Å². The van der Waals surface area contributed by atoms with Crippen molar-refractivity contribution in [2.45, 2.75) is 32.2 Å². The predicted molar refractivity (Wildman–Crippen MR) is 68.2 cm³/mol. The lowest BCUT2D eigenvalue weighted by molar-refractivity contribution is 0.0631. The van der Waals surface area contributed by atoms with Crippen LogP contribution in [0.5, 0.6) is 0 Å². The van der Waals surface area contributed by atoms with Gasteiger partial charge in [0.25, 0.3) is 5.91 Å². The highest BCUT2D eigenvalue weighted by Crippen LogP contribution is 2.21. The van der Waals surface area contributed by atoms with Crippen LogP contribution >= 0.6 is 0 Å². The lowest BCUT2D eigenvalue weighted by Gasteiger charge is -2.32. The minimum absolute atomic E-state index is 0.0152. The fourth-order valence-electron chi connectivity index (χ4n) is 2.56. The molecule has 0 spiro atoms. The molecule has 94 valence electrons. The molecule has 0 aromatic carbocycles. The smallest absolute Gasteiger partial charge is 0.275 e. The van der Waals surface area contributed by atoms with Gasteiger partial charge in [-0.1, -0.05) is 0 Å². The summed E-state index contributed by atoms with van der Waals surface area (Å²) in [6.07, 6.45) is 6.75. The SMILES string of the molecule is CC1CCCCN1C(=O)c1n[nH]c2ccncc12. The number of carbonyl (C=O) groups is 1. The van der Waals surface area contributed by atoms with E-state index < -0.39 is 0 Å². The number of hydrogen-bond donors (Lipinski definition) is 1. The number of likely N-dealkylation sites (tertiary alicyclic amines) is 1. The first-order valence-electron chi connectivity index (χ1n) is 6.36. The summed E-state index contributed by atoms with van der Waals surface area (Å²) in [5.74, 6) is 0.0152. The van der Waals surface area contributed by atoms with Gasteiger partial charge in [-0.25, -0.2) is 0 Å². The number of nitrogens with one attached hydrogen (secondary N) is 1. The molecule has 2 aromatic rings. The molecule has 3 rings (SSSR count). The second-order valence-electron chi connectivity index (χ2n) is 4.84. The summed E-state index contributed by atoms with van der Waals surface area (Å²) in [5, 5.41) is 7.84. The van der Waals surface area contributed by atoms with Crippen LogP contribution in [-0.4, -0.2) is 38.6 Å². The van der Waals surface area contributed by atoms with Crippen LogP contribution < -0.4 is 0 Å². The van der Waals surface area contributed by atoms with Crippen LogP contribution in [0, 0.1) is 0 Å². The first-order chi connectivity index (χ1) is 8.77. The minimum atomic E-state index is 0.0152. The highest BCUT2D eigenvalue weighted by molar-refractivity contribution is 6.04. The number of aromatic amines is 1. The molecule has 1 unspecified atom stereocenters. The predicted octanol–water partition coefficient (Wildman–Crippen LogP) is 1.97. The number of nitrogens with zero attached hydrogens (tertiary/aromatic N) is 3. The number of rotatable bonds is 1.